The molecule has 0 bridgehead atoms. The summed E-state index contributed by atoms with van der Waals surface area (Å²) in [5.74, 6) is 1.23. The third-order valence-electron chi connectivity index (χ3n) is 4.44. The summed E-state index contributed by atoms with van der Waals surface area (Å²) in [5.41, 5.74) is 2.30. The second-order valence-corrected chi connectivity index (χ2v) is 8.89. The van der Waals surface area contributed by atoms with E-state index in [1.54, 1.807) is 13.2 Å². The molecule has 7 heteroatoms. The van der Waals surface area contributed by atoms with Crippen LogP contribution in [0.25, 0.3) is 11.4 Å². The number of carbonyl (C=O) groups is 1. The fourth-order valence-electron chi connectivity index (χ4n) is 2.78. The Bertz CT molecular complexity index is 925. The molecule has 0 saturated carbocycles. The van der Waals surface area contributed by atoms with Crippen LogP contribution in [0.15, 0.2) is 52.2 Å². The predicted octanol–water partition coefficient (Wildman–Crippen LogP) is 4.54. The van der Waals surface area contributed by atoms with Gasteiger partial charge in [0, 0.05) is 5.56 Å². The van der Waals surface area contributed by atoms with Crippen molar-refractivity contribution < 1.29 is 13.9 Å². The zero-order chi connectivity index (χ0) is 20.3. The molecule has 3 aromatic rings. The summed E-state index contributed by atoms with van der Waals surface area (Å²) in [6.45, 7) is 8.83. The Labute approximate surface area is 169 Å². The molecule has 6 nitrogen and oxygen atoms in total. The molecule has 0 aliphatic heterocycles. The molecule has 0 aliphatic carbocycles. The van der Waals surface area contributed by atoms with E-state index in [1.807, 2.05) is 16.7 Å². The van der Waals surface area contributed by atoms with Gasteiger partial charge in [0.1, 0.15) is 11.0 Å². The molecule has 0 radical (unpaired) electrons. The fourth-order valence-corrected chi connectivity index (χ4v) is 3.66. The number of esters is 1. The van der Waals surface area contributed by atoms with Crippen molar-refractivity contribution in [3.8, 4) is 11.4 Å². The number of carbonyl (C=O) groups excluding carboxylic acids is 1. The van der Waals surface area contributed by atoms with Crippen LogP contribution in [0.4, 0.5) is 0 Å². The minimum Gasteiger partial charge on any atom is -0.468 e. The Kier molecular flexibility index (Phi) is 5.93. The van der Waals surface area contributed by atoms with E-state index >= 15 is 0 Å². The second-order valence-electron chi connectivity index (χ2n) is 7.58. The minimum absolute atomic E-state index is 0.0807. The maximum absolute atomic E-state index is 11.8. The molecule has 2 aromatic heterocycles. The number of rotatable bonds is 6. The lowest BCUT2D eigenvalue weighted by molar-refractivity contribution is -0.139. The topological polar surface area (TPSA) is 70.2 Å². The molecule has 0 amide bonds. The zero-order valence-electron chi connectivity index (χ0n) is 16.8. The summed E-state index contributed by atoms with van der Waals surface area (Å²) >= 11 is 1.32. The number of hydrogen-bond acceptors (Lipinski definition) is 6. The van der Waals surface area contributed by atoms with E-state index in [2.05, 4.69) is 55.2 Å². The lowest BCUT2D eigenvalue weighted by Crippen LogP contribution is -2.16. The summed E-state index contributed by atoms with van der Waals surface area (Å²) < 4.78 is 12.3. The highest BCUT2D eigenvalue weighted by Crippen LogP contribution is 2.30. The van der Waals surface area contributed by atoms with Crippen LogP contribution >= 0.6 is 11.8 Å². The number of aromatic nitrogens is 3. The first kappa shape index (κ1) is 20.2. The zero-order valence-corrected chi connectivity index (χ0v) is 17.6. The van der Waals surface area contributed by atoms with Crippen LogP contribution < -0.4 is 0 Å². The number of furan rings is 1. The summed E-state index contributed by atoms with van der Waals surface area (Å²) in [6.07, 6.45) is 1.64. The summed E-state index contributed by atoms with van der Waals surface area (Å²) in [4.78, 5) is 11.8. The Balaban J connectivity index is 1.97. The van der Waals surface area contributed by atoms with Gasteiger partial charge in [0.05, 0.1) is 19.9 Å². The molecule has 0 fully saturated rings. The third-order valence-corrected chi connectivity index (χ3v) is 5.49. The van der Waals surface area contributed by atoms with Crippen LogP contribution in [0.2, 0.25) is 0 Å². The van der Waals surface area contributed by atoms with E-state index in [0.717, 1.165) is 17.1 Å². The van der Waals surface area contributed by atoms with Crippen molar-refractivity contribution >= 4 is 17.7 Å². The van der Waals surface area contributed by atoms with Crippen LogP contribution in [0.5, 0.6) is 0 Å². The summed E-state index contributed by atoms with van der Waals surface area (Å²) in [7, 11) is 1.38. The van der Waals surface area contributed by atoms with Gasteiger partial charge in [-0.1, -0.05) is 56.8 Å². The van der Waals surface area contributed by atoms with Crippen molar-refractivity contribution in [1.82, 2.24) is 14.8 Å². The van der Waals surface area contributed by atoms with Crippen LogP contribution in [0.3, 0.4) is 0 Å². The lowest BCUT2D eigenvalue weighted by Gasteiger charge is -2.19. The minimum atomic E-state index is -0.388. The fraction of sp³-hybridized carbons (Fsp3) is 0.381. The van der Waals surface area contributed by atoms with E-state index in [9.17, 15) is 4.79 Å². The predicted molar refractivity (Wildman–Crippen MR) is 109 cm³/mol. The SMILES string of the molecule is COC(=O)[C@H](C)Sc1nnc(-c2ccc(C(C)(C)C)cc2)n1Cc1ccco1. The quantitative estimate of drug-likeness (QED) is 0.448. The molecule has 3 rings (SSSR count). The van der Waals surface area contributed by atoms with Crippen molar-refractivity contribution in [3.63, 3.8) is 0 Å². The number of methoxy groups -OCH3 is 1. The molecular weight excluding hydrogens is 374 g/mol. The van der Waals surface area contributed by atoms with Gasteiger partial charge in [-0.3, -0.25) is 9.36 Å². The first-order valence-electron chi connectivity index (χ1n) is 9.10. The number of ether oxygens (including phenoxy) is 1. The highest BCUT2D eigenvalue weighted by atomic mass is 32.2. The van der Waals surface area contributed by atoms with E-state index in [4.69, 9.17) is 9.15 Å². The molecule has 148 valence electrons. The highest BCUT2D eigenvalue weighted by molar-refractivity contribution is 8.00. The monoisotopic (exact) mass is 399 g/mol. The van der Waals surface area contributed by atoms with Crippen molar-refractivity contribution in [2.75, 3.05) is 7.11 Å². The lowest BCUT2D eigenvalue weighted by atomic mass is 9.87. The first-order valence-corrected chi connectivity index (χ1v) is 9.98. The van der Waals surface area contributed by atoms with Crippen molar-refractivity contribution in [2.24, 2.45) is 0 Å². The maximum atomic E-state index is 11.8. The normalized spacial score (nSPS) is 12.8. The van der Waals surface area contributed by atoms with Gasteiger partial charge < -0.3 is 9.15 Å². The highest BCUT2D eigenvalue weighted by Gasteiger charge is 2.22. The molecule has 0 saturated heterocycles. The average molecular weight is 400 g/mol. The largest absolute Gasteiger partial charge is 0.468 e. The van der Waals surface area contributed by atoms with Gasteiger partial charge in [0.2, 0.25) is 0 Å². The van der Waals surface area contributed by atoms with Gasteiger partial charge in [-0.15, -0.1) is 10.2 Å². The smallest absolute Gasteiger partial charge is 0.318 e. The number of nitrogens with zero attached hydrogens (tertiary/aromatic N) is 3. The van der Waals surface area contributed by atoms with Crippen molar-refractivity contribution in [1.29, 1.82) is 0 Å². The standard InChI is InChI=1S/C21H25N3O3S/c1-14(19(25)26-5)28-20-23-22-18(24(20)13-17-7-6-12-27-17)15-8-10-16(11-9-15)21(2,3)4/h6-12,14H,13H2,1-5H3/t14-/m0/s1. The van der Waals surface area contributed by atoms with Gasteiger partial charge >= 0.3 is 5.97 Å². The van der Waals surface area contributed by atoms with Gasteiger partial charge in [-0.25, -0.2) is 0 Å². The van der Waals surface area contributed by atoms with E-state index < -0.39 is 0 Å². The van der Waals surface area contributed by atoms with Crippen LogP contribution in [0, 0.1) is 0 Å². The Morgan fingerprint density at radius 3 is 2.50 bits per heavy atom. The molecule has 1 aromatic carbocycles. The number of benzene rings is 1. The molecular formula is C21H25N3O3S. The molecule has 2 heterocycles. The first-order chi connectivity index (χ1) is 13.3. The van der Waals surface area contributed by atoms with E-state index in [0.29, 0.717) is 11.7 Å². The number of thioether (sulfide) groups is 1. The molecule has 28 heavy (non-hydrogen) atoms. The van der Waals surface area contributed by atoms with Gasteiger partial charge in [-0.2, -0.15) is 0 Å². The van der Waals surface area contributed by atoms with Crippen LogP contribution in [-0.2, 0) is 21.5 Å². The maximum Gasteiger partial charge on any atom is 0.318 e. The Morgan fingerprint density at radius 2 is 1.93 bits per heavy atom. The number of hydrogen-bond donors (Lipinski definition) is 0. The molecule has 0 unspecified atom stereocenters. The van der Waals surface area contributed by atoms with Crippen molar-refractivity contribution in [3.05, 3.63) is 54.0 Å². The molecule has 1 atom stereocenters. The van der Waals surface area contributed by atoms with Gasteiger partial charge in [0.25, 0.3) is 0 Å². The van der Waals surface area contributed by atoms with Gasteiger partial charge in [0.15, 0.2) is 11.0 Å². The van der Waals surface area contributed by atoms with E-state index in [1.165, 1.54) is 24.4 Å². The molecule has 0 aliphatic rings. The summed E-state index contributed by atoms with van der Waals surface area (Å²) in [5, 5.41) is 8.98. The van der Waals surface area contributed by atoms with Crippen molar-refractivity contribution in [2.45, 2.75) is 50.1 Å². The third kappa shape index (κ3) is 4.47. The Hall–Kier alpha value is -2.54. The summed E-state index contributed by atoms with van der Waals surface area (Å²) in [6, 6.07) is 12.1. The van der Waals surface area contributed by atoms with Gasteiger partial charge in [-0.05, 0) is 30.0 Å². The molecule has 0 spiro atoms. The second kappa shape index (κ2) is 8.22. The average Bonchev–Trinajstić information content (AvgIpc) is 3.31. The Morgan fingerprint density at radius 1 is 1.21 bits per heavy atom. The molecule has 0 N–H and O–H groups in total. The van der Waals surface area contributed by atoms with Crippen LogP contribution in [-0.4, -0.2) is 33.1 Å². The van der Waals surface area contributed by atoms with Crippen LogP contribution in [0.1, 0.15) is 39.0 Å². The van der Waals surface area contributed by atoms with E-state index in [-0.39, 0.29) is 16.6 Å².